The van der Waals surface area contributed by atoms with Gasteiger partial charge in [0.25, 0.3) is 0 Å². The van der Waals surface area contributed by atoms with Gasteiger partial charge >= 0.3 is 0 Å². The van der Waals surface area contributed by atoms with Crippen molar-refractivity contribution >= 4 is 22.7 Å². The molecule has 0 N–H and O–H groups in total. The molecule has 10 rings (SSSR count). The monoisotopic (exact) mass is 614 g/mol. The van der Waals surface area contributed by atoms with Gasteiger partial charge in [0.1, 0.15) is 0 Å². The summed E-state index contributed by atoms with van der Waals surface area (Å²) in [6, 6.07) is 60.9. The highest BCUT2D eigenvalue weighted by atomic mass is 15.2. The number of fused-ring (bicyclic) bond motifs is 12. The van der Waals surface area contributed by atoms with Gasteiger partial charge in [-0.3, -0.25) is 0 Å². The largest absolute Gasteiger partial charge is 0.370 e. The van der Waals surface area contributed by atoms with Gasteiger partial charge in [-0.1, -0.05) is 121 Å². The maximum atomic E-state index is 2.44. The maximum absolute atomic E-state index is 2.44. The van der Waals surface area contributed by atoms with Gasteiger partial charge in [-0.25, -0.2) is 0 Å². The zero-order valence-corrected chi connectivity index (χ0v) is 26.9. The molecule has 0 radical (unpaired) electrons. The second-order valence-electron chi connectivity index (χ2n) is 13.4. The van der Waals surface area contributed by atoms with Crippen molar-refractivity contribution < 1.29 is 0 Å². The van der Waals surface area contributed by atoms with Crippen LogP contribution >= 0.6 is 0 Å². The number of nitrogens with zero attached hydrogens (tertiary/aromatic N) is 2. The van der Waals surface area contributed by atoms with Crippen LogP contribution in [-0.2, 0) is 18.4 Å². The van der Waals surface area contributed by atoms with Gasteiger partial charge in [-0.05, 0) is 104 Å². The summed E-state index contributed by atoms with van der Waals surface area (Å²) in [5.41, 5.74) is 19.6. The molecule has 0 unspecified atom stereocenters. The van der Waals surface area contributed by atoms with Gasteiger partial charge in [0.15, 0.2) is 0 Å². The Labute approximate surface area is 282 Å². The Morgan fingerprint density at radius 3 is 1.56 bits per heavy atom. The van der Waals surface area contributed by atoms with E-state index in [9.17, 15) is 0 Å². The number of rotatable bonds is 4. The van der Waals surface area contributed by atoms with Crippen molar-refractivity contribution in [3.8, 4) is 22.3 Å². The SMILES string of the molecule is CN(Cc1ccc2c(c1)-c1ccccc1C21c2ccccc2-c2ccccc21)c1ccc(N2c3ccccc3Cc3ccccc32)cc1. The second-order valence-corrected chi connectivity index (χ2v) is 13.4. The lowest BCUT2D eigenvalue weighted by atomic mass is 9.70. The fourth-order valence-electron chi connectivity index (χ4n) is 8.84. The van der Waals surface area contributed by atoms with E-state index in [2.05, 4.69) is 181 Å². The number of para-hydroxylation sites is 2. The Bertz CT molecular complexity index is 2290. The second kappa shape index (κ2) is 10.3. The summed E-state index contributed by atoms with van der Waals surface area (Å²) in [5.74, 6) is 0. The third-order valence-corrected chi connectivity index (χ3v) is 10.9. The third kappa shape index (κ3) is 3.74. The van der Waals surface area contributed by atoms with Crippen molar-refractivity contribution in [1.29, 1.82) is 0 Å². The van der Waals surface area contributed by atoms with Crippen LogP contribution in [0.1, 0.15) is 38.9 Å². The van der Waals surface area contributed by atoms with Crippen LogP contribution in [0.15, 0.2) is 164 Å². The standard InChI is InChI=1S/C46H34N2/c1-47(34-23-25-35(26-24-34)48-44-20-10-2-12-32(44)29-33-13-3-11-21-45(33)48)30-31-22-27-43-39(28-31)38-16-6-9-19-42(38)46(43)40-17-7-4-14-36(40)37-15-5-8-18-41(37)46/h2-28H,29-30H2,1H3. The Balaban J connectivity index is 1.00. The molecular formula is C46H34N2. The third-order valence-electron chi connectivity index (χ3n) is 10.9. The molecular weight excluding hydrogens is 581 g/mol. The highest BCUT2D eigenvalue weighted by Crippen LogP contribution is 2.62. The van der Waals surface area contributed by atoms with E-state index in [0.717, 1.165) is 13.0 Å². The van der Waals surface area contributed by atoms with E-state index in [1.54, 1.807) is 0 Å². The van der Waals surface area contributed by atoms with Gasteiger partial charge in [0.05, 0.1) is 5.41 Å². The molecule has 0 fully saturated rings. The molecule has 0 atom stereocenters. The minimum absolute atomic E-state index is 0.287. The van der Waals surface area contributed by atoms with Crippen molar-refractivity contribution in [2.75, 3.05) is 16.8 Å². The Morgan fingerprint density at radius 1 is 0.500 bits per heavy atom. The van der Waals surface area contributed by atoms with Gasteiger partial charge in [-0.15, -0.1) is 0 Å². The van der Waals surface area contributed by atoms with E-state index in [-0.39, 0.29) is 5.41 Å². The highest BCUT2D eigenvalue weighted by molar-refractivity contribution is 5.95. The van der Waals surface area contributed by atoms with Crippen molar-refractivity contribution in [3.05, 3.63) is 203 Å². The molecule has 7 aromatic carbocycles. The molecule has 1 aliphatic heterocycles. The topological polar surface area (TPSA) is 6.48 Å². The quantitative estimate of drug-likeness (QED) is 0.195. The molecule has 7 aromatic rings. The average Bonchev–Trinajstić information content (AvgIpc) is 3.61. The molecule has 1 spiro atoms. The fraction of sp³-hybridized carbons (Fsp3) is 0.0870. The molecule has 2 nitrogen and oxygen atoms in total. The lowest BCUT2D eigenvalue weighted by molar-refractivity contribution is 0.792. The van der Waals surface area contributed by atoms with Gasteiger partial charge in [0.2, 0.25) is 0 Å². The summed E-state index contributed by atoms with van der Waals surface area (Å²) < 4.78 is 0. The van der Waals surface area contributed by atoms with Crippen LogP contribution in [0.25, 0.3) is 22.3 Å². The molecule has 0 aromatic heterocycles. The molecule has 0 bridgehead atoms. The molecule has 0 amide bonds. The van der Waals surface area contributed by atoms with E-state index >= 15 is 0 Å². The average molecular weight is 615 g/mol. The van der Waals surface area contributed by atoms with Crippen molar-refractivity contribution in [1.82, 2.24) is 0 Å². The van der Waals surface area contributed by atoms with E-state index < -0.39 is 0 Å². The Hall–Kier alpha value is -5.86. The van der Waals surface area contributed by atoms with Crippen LogP contribution in [0, 0.1) is 0 Å². The van der Waals surface area contributed by atoms with Gasteiger partial charge in [-0.2, -0.15) is 0 Å². The summed E-state index contributed by atoms with van der Waals surface area (Å²) >= 11 is 0. The zero-order chi connectivity index (χ0) is 31.8. The lowest BCUT2D eigenvalue weighted by Crippen LogP contribution is -2.25. The minimum atomic E-state index is -0.287. The molecule has 3 aliphatic rings. The summed E-state index contributed by atoms with van der Waals surface area (Å²) in [4.78, 5) is 4.77. The first kappa shape index (κ1) is 27.3. The lowest BCUT2D eigenvalue weighted by Gasteiger charge is -2.33. The zero-order valence-electron chi connectivity index (χ0n) is 26.9. The van der Waals surface area contributed by atoms with Crippen LogP contribution in [0.2, 0.25) is 0 Å². The summed E-state index contributed by atoms with van der Waals surface area (Å²) in [7, 11) is 2.20. The van der Waals surface area contributed by atoms with Crippen LogP contribution in [-0.4, -0.2) is 7.05 Å². The van der Waals surface area contributed by atoms with Crippen LogP contribution in [0.3, 0.4) is 0 Å². The Morgan fingerprint density at radius 2 is 0.979 bits per heavy atom. The molecule has 2 heteroatoms. The van der Waals surface area contributed by atoms with E-state index in [4.69, 9.17) is 0 Å². The van der Waals surface area contributed by atoms with E-state index in [1.807, 2.05) is 0 Å². The van der Waals surface area contributed by atoms with Crippen molar-refractivity contribution in [3.63, 3.8) is 0 Å². The normalized spacial score (nSPS) is 14.1. The van der Waals surface area contributed by atoms with E-state index in [0.29, 0.717) is 0 Å². The first-order chi connectivity index (χ1) is 23.7. The van der Waals surface area contributed by atoms with Crippen LogP contribution < -0.4 is 9.80 Å². The molecule has 228 valence electrons. The summed E-state index contributed by atoms with van der Waals surface area (Å²) in [5, 5.41) is 0. The van der Waals surface area contributed by atoms with E-state index in [1.165, 1.54) is 83.9 Å². The minimum Gasteiger partial charge on any atom is -0.370 e. The molecule has 1 heterocycles. The smallest absolute Gasteiger partial charge is 0.0725 e. The number of hydrogen-bond acceptors (Lipinski definition) is 2. The summed E-state index contributed by atoms with van der Waals surface area (Å²) in [6.07, 6.45) is 0.967. The Kier molecular flexibility index (Phi) is 5.86. The highest BCUT2D eigenvalue weighted by Gasteiger charge is 2.51. The van der Waals surface area contributed by atoms with Gasteiger partial charge < -0.3 is 9.80 Å². The van der Waals surface area contributed by atoms with Crippen LogP contribution in [0.4, 0.5) is 22.7 Å². The molecule has 0 saturated carbocycles. The number of benzene rings is 7. The first-order valence-corrected chi connectivity index (χ1v) is 16.9. The predicted octanol–water partition coefficient (Wildman–Crippen LogP) is 11.0. The van der Waals surface area contributed by atoms with Crippen molar-refractivity contribution in [2.24, 2.45) is 0 Å². The predicted molar refractivity (Wildman–Crippen MR) is 199 cm³/mol. The maximum Gasteiger partial charge on any atom is 0.0725 e. The number of anilines is 4. The van der Waals surface area contributed by atoms with Crippen LogP contribution in [0.5, 0.6) is 0 Å². The van der Waals surface area contributed by atoms with Crippen molar-refractivity contribution in [2.45, 2.75) is 18.4 Å². The van der Waals surface area contributed by atoms with Gasteiger partial charge in [0, 0.05) is 42.8 Å². The molecule has 2 aliphatic carbocycles. The summed E-state index contributed by atoms with van der Waals surface area (Å²) in [6.45, 7) is 0.824. The molecule has 48 heavy (non-hydrogen) atoms. The fourth-order valence-corrected chi connectivity index (χ4v) is 8.84. The molecule has 0 saturated heterocycles. The first-order valence-electron chi connectivity index (χ1n) is 16.9. The number of hydrogen-bond donors (Lipinski definition) is 0.